The molecule has 2 aliphatic heterocycles. The van der Waals surface area contributed by atoms with Gasteiger partial charge in [-0.15, -0.1) is 0 Å². The van der Waals surface area contributed by atoms with Gasteiger partial charge in [0.2, 0.25) is 11.6 Å². The molecule has 1 saturated heterocycles. The third-order valence-corrected chi connectivity index (χ3v) is 6.95. The van der Waals surface area contributed by atoms with Crippen molar-refractivity contribution in [3.05, 3.63) is 65.4 Å². The normalized spacial score (nSPS) is 18.5. The molecule has 2 aliphatic rings. The lowest BCUT2D eigenvalue weighted by molar-refractivity contribution is -0.141. The van der Waals surface area contributed by atoms with Gasteiger partial charge in [-0.25, -0.2) is 14.2 Å². The molecule has 0 amide bonds. The zero-order valence-corrected chi connectivity index (χ0v) is 22.3. The second kappa shape index (κ2) is 11.4. The van der Waals surface area contributed by atoms with Crippen LogP contribution in [-0.4, -0.2) is 66.3 Å². The summed E-state index contributed by atoms with van der Waals surface area (Å²) in [6.45, 7) is 1.19. The number of phenolic OH excluding ortho intramolecular Hbond substituents is 1. The Morgan fingerprint density at radius 1 is 1.17 bits per heavy atom. The number of aliphatic imine (C=N–C) groups is 1. The second-order valence-electron chi connectivity index (χ2n) is 9.60. The molecule has 2 aromatic carbocycles. The van der Waals surface area contributed by atoms with Crippen LogP contribution in [0.25, 0.3) is 0 Å². The molecule has 5 rings (SSSR count). The number of pyridine rings is 1. The number of nitrogen functional groups attached to an aromatic ring is 1. The van der Waals surface area contributed by atoms with Crippen molar-refractivity contribution in [1.29, 1.82) is 5.41 Å². The number of hydrogen-bond donors (Lipinski definition) is 3. The summed E-state index contributed by atoms with van der Waals surface area (Å²) in [7, 11) is 3.20. The van der Waals surface area contributed by atoms with E-state index in [4.69, 9.17) is 25.4 Å². The number of hydrogen-bond acceptors (Lipinski definition) is 10. The van der Waals surface area contributed by atoms with Crippen molar-refractivity contribution in [2.75, 3.05) is 32.1 Å². The number of ether oxygens (including phenoxy) is 3. The highest BCUT2D eigenvalue weighted by Crippen LogP contribution is 2.41. The van der Waals surface area contributed by atoms with E-state index in [0.29, 0.717) is 25.1 Å². The molecule has 1 aromatic heterocycles. The number of nitrogens with one attached hydrogen (secondary N) is 1. The van der Waals surface area contributed by atoms with Gasteiger partial charge in [0.05, 0.1) is 13.3 Å². The molecule has 41 heavy (non-hydrogen) atoms. The molecule has 2 atom stereocenters. The maximum Gasteiger partial charge on any atom is 0.328 e. The number of carbonyl (C=O) groups excluding carboxylic acids is 1. The van der Waals surface area contributed by atoms with E-state index in [0.717, 1.165) is 18.3 Å². The number of phenols is 1. The van der Waals surface area contributed by atoms with Crippen molar-refractivity contribution in [2.45, 2.75) is 25.0 Å². The topological polar surface area (TPSA) is 147 Å². The van der Waals surface area contributed by atoms with Gasteiger partial charge < -0.3 is 30.0 Å². The molecule has 13 heteroatoms. The first-order valence-electron chi connectivity index (χ1n) is 12.7. The van der Waals surface area contributed by atoms with Crippen LogP contribution in [0.3, 0.4) is 0 Å². The van der Waals surface area contributed by atoms with Crippen molar-refractivity contribution in [1.82, 2.24) is 9.88 Å². The lowest BCUT2D eigenvalue weighted by atomic mass is 10.1. The first kappa shape index (κ1) is 27.8. The minimum atomic E-state index is -1.25. The van der Waals surface area contributed by atoms with E-state index >= 15 is 4.39 Å². The summed E-state index contributed by atoms with van der Waals surface area (Å²) in [6.07, 6.45) is 3.41. The van der Waals surface area contributed by atoms with E-state index in [1.54, 1.807) is 24.4 Å². The monoisotopic (exact) mass is 566 g/mol. The summed E-state index contributed by atoms with van der Waals surface area (Å²) in [6, 6.07) is 8.46. The predicted octanol–water partition coefficient (Wildman–Crippen LogP) is 4.09. The number of methoxy groups -OCH3 is 1. The van der Waals surface area contributed by atoms with Crippen LogP contribution in [0.2, 0.25) is 0 Å². The average molecular weight is 567 g/mol. The zero-order chi connectivity index (χ0) is 29.3. The fraction of sp³-hybridized carbons (Fsp3) is 0.286. The van der Waals surface area contributed by atoms with Crippen LogP contribution in [0, 0.1) is 17.0 Å². The number of halogens is 2. The highest BCUT2D eigenvalue weighted by Gasteiger charge is 2.33. The molecule has 2 unspecified atom stereocenters. The summed E-state index contributed by atoms with van der Waals surface area (Å²) >= 11 is 0. The van der Waals surface area contributed by atoms with Crippen molar-refractivity contribution in [3.63, 3.8) is 0 Å². The Balaban J connectivity index is 1.51. The molecule has 3 aromatic rings. The Bertz CT molecular complexity index is 1530. The SMILES string of the molecule is COC(=O)C1CCCN1c1ccc(Oc2c(F)cnc(Oc3cc(C(=N)N)ccc3O)c2F)c(C2N=CCN2C)c1. The van der Waals surface area contributed by atoms with Crippen molar-refractivity contribution in [2.24, 2.45) is 10.7 Å². The van der Waals surface area contributed by atoms with E-state index in [9.17, 15) is 14.3 Å². The number of benzene rings is 2. The van der Waals surface area contributed by atoms with Crippen LogP contribution < -0.4 is 20.1 Å². The summed E-state index contributed by atoms with van der Waals surface area (Å²) in [5.74, 6) is -4.87. The van der Waals surface area contributed by atoms with E-state index in [2.05, 4.69) is 9.98 Å². The van der Waals surface area contributed by atoms with Crippen LogP contribution in [0.15, 0.2) is 47.6 Å². The molecular weight excluding hydrogens is 538 g/mol. The Morgan fingerprint density at radius 2 is 1.98 bits per heavy atom. The van der Waals surface area contributed by atoms with Gasteiger partial charge in [0.25, 0.3) is 5.88 Å². The largest absolute Gasteiger partial charge is 0.504 e. The number of carbonyl (C=O) groups is 1. The minimum absolute atomic E-state index is 0.134. The molecular formula is C28H28F2N6O5. The van der Waals surface area contributed by atoms with Crippen LogP contribution in [0.4, 0.5) is 14.5 Å². The molecule has 0 radical (unpaired) electrons. The molecule has 3 heterocycles. The van der Waals surface area contributed by atoms with E-state index in [-0.39, 0.29) is 34.6 Å². The number of amidine groups is 1. The highest BCUT2D eigenvalue weighted by atomic mass is 19.1. The van der Waals surface area contributed by atoms with Gasteiger partial charge in [-0.1, -0.05) is 0 Å². The van der Waals surface area contributed by atoms with Gasteiger partial charge >= 0.3 is 5.97 Å². The van der Waals surface area contributed by atoms with E-state index in [1.807, 2.05) is 16.8 Å². The number of nitrogens with zero attached hydrogens (tertiary/aromatic N) is 4. The van der Waals surface area contributed by atoms with Crippen molar-refractivity contribution in [3.8, 4) is 28.9 Å². The maximum atomic E-state index is 15.6. The molecule has 214 valence electrons. The fourth-order valence-corrected chi connectivity index (χ4v) is 4.85. The van der Waals surface area contributed by atoms with E-state index < -0.39 is 35.5 Å². The van der Waals surface area contributed by atoms with Gasteiger partial charge in [0, 0.05) is 36.1 Å². The lowest BCUT2D eigenvalue weighted by Gasteiger charge is -2.27. The van der Waals surface area contributed by atoms with Crippen molar-refractivity contribution >= 4 is 23.7 Å². The van der Waals surface area contributed by atoms with Crippen LogP contribution in [-0.2, 0) is 9.53 Å². The number of anilines is 1. The highest BCUT2D eigenvalue weighted by molar-refractivity contribution is 5.95. The fourth-order valence-electron chi connectivity index (χ4n) is 4.85. The Labute approximate surface area is 234 Å². The molecule has 0 saturated carbocycles. The molecule has 0 bridgehead atoms. The first-order chi connectivity index (χ1) is 19.7. The minimum Gasteiger partial charge on any atom is -0.504 e. The second-order valence-corrected chi connectivity index (χ2v) is 9.60. The summed E-state index contributed by atoms with van der Waals surface area (Å²) in [5.41, 5.74) is 6.95. The quantitative estimate of drug-likeness (QED) is 0.208. The summed E-state index contributed by atoms with van der Waals surface area (Å²) in [4.78, 5) is 24.4. The number of rotatable bonds is 8. The zero-order valence-electron chi connectivity index (χ0n) is 22.3. The number of aromatic nitrogens is 1. The first-order valence-corrected chi connectivity index (χ1v) is 12.7. The third kappa shape index (κ3) is 5.48. The summed E-state index contributed by atoms with van der Waals surface area (Å²) in [5, 5.41) is 17.7. The van der Waals surface area contributed by atoms with Gasteiger partial charge in [0.15, 0.2) is 17.3 Å². The molecule has 0 spiro atoms. The molecule has 0 aliphatic carbocycles. The van der Waals surface area contributed by atoms with Crippen molar-refractivity contribution < 1.29 is 32.9 Å². The number of esters is 1. The van der Waals surface area contributed by atoms with Crippen LogP contribution >= 0.6 is 0 Å². The van der Waals surface area contributed by atoms with Gasteiger partial charge in [-0.3, -0.25) is 15.3 Å². The standard InChI is InChI=1S/C28H28F2N6O5/c1-35-11-9-33-26(35)17-13-16(36-10-3-4-19(36)28(38)39-2)6-8-21(17)40-24-18(29)14-34-27(23(24)30)41-22-12-15(25(31)32)5-7-20(22)37/h5-9,12-14,19,26,37H,3-4,10-11H2,1-2H3,(H3,31,32). The van der Waals surface area contributed by atoms with Gasteiger partial charge in [0.1, 0.15) is 23.8 Å². The number of aromatic hydroxyl groups is 1. The molecule has 11 nitrogen and oxygen atoms in total. The van der Waals surface area contributed by atoms with Gasteiger partial charge in [-0.2, -0.15) is 4.39 Å². The molecule has 1 fully saturated rings. The Morgan fingerprint density at radius 3 is 2.68 bits per heavy atom. The summed E-state index contributed by atoms with van der Waals surface area (Å²) < 4.78 is 46.7. The lowest BCUT2D eigenvalue weighted by Crippen LogP contribution is -2.37. The van der Waals surface area contributed by atoms with Gasteiger partial charge in [-0.05, 0) is 56.3 Å². The average Bonchev–Trinajstić information content (AvgIpc) is 3.62. The predicted molar refractivity (Wildman–Crippen MR) is 146 cm³/mol. The Kier molecular flexibility index (Phi) is 7.70. The maximum absolute atomic E-state index is 15.6. The smallest absolute Gasteiger partial charge is 0.328 e. The number of nitrogens with two attached hydrogens (primary N) is 1. The third-order valence-electron chi connectivity index (χ3n) is 6.95. The van der Waals surface area contributed by atoms with Crippen LogP contribution in [0.5, 0.6) is 28.9 Å². The van der Waals surface area contributed by atoms with E-state index in [1.165, 1.54) is 25.3 Å². The Hall–Kier alpha value is -4.78. The molecule has 4 N–H and O–H groups in total. The van der Waals surface area contributed by atoms with Crippen LogP contribution in [0.1, 0.15) is 30.1 Å².